The maximum atomic E-state index is 4.39. The third-order valence-corrected chi connectivity index (χ3v) is 3.38. The van der Waals surface area contributed by atoms with Gasteiger partial charge >= 0.3 is 0 Å². The third-order valence-electron chi connectivity index (χ3n) is 2.20. The molecule has 1 aromatic rings. The predicted octanol–water partition coefficient (Wildman–Crippen LogP) is 3.59. The van der Waals surface area contributed by atoms with Gasteiger partial charge in [-0.15, -0.1) is 0 Å². The summed E-state index contributed by atoms with van der Waals surface area (Å²) in [6.45, 7) is 2.21. The Morgan fingerprint density at radius 2 is 2.31 bits per heavy atom. The number of fused-ring (bicyclic) bond motifs is 1. The molecule has 1 nitrogen and oxygen atoms in total. The van der Waals surface area contributed by atoms with Crippen LogP contribution in [0, 0.1) is 0 Å². The lowest BCUT2D eigenvalue weighted by Crippen LogP contribution is -2.00. The van der Waals surface area contributed by atoms with E-state index in [1.54, 1.807) is 0 Å². The van der Waals surface area contributed by atoms with E-state index >= 15 is 0 Å². The van der Waals surface area contributed by atoms with Gasteiger partial charge in [0.25, 0.3) is 0 Å². The smallest absolute Gasteiger partial charge is 0.0669 e. The Balaban J connectivity index is 2.32. The molecule has 0 aliphatic carbocycles. The first-order valence-electron chi connectivity index (χ1n) is 4.65. The topological polar surface area (TPSA) is 12.4 Å². The monoisotopic (exact) mass is 191 g/mol. The van der Waals surface area contributed by atoms with Gasteiger partial charge in [0.05, 0.1) is 5.69 Å². The number of nitrogens with zero attached hydrogens (tertiary/aromatic N) is 1. The van der Waals surface area contributed by atoms with Crippen LogP contribution in [0.3, 0.4) is 0 Å². The first-order valence-corrected chi connectivity index (χ1v) is 5.69. The van der Waals surface area contributed by atoms with Gasteiger partial charge in [0.2, 0.25) is 0 Å². The molecule has 1 unspecified atom stereocenters. The summed E-state index contributed by atoms with van der Waals surface area (Å²) >= 11 is 2.00. The van der Waals surface area contributed by atoms with Crippen molar-refractivity contribution in [1.82, 2.24) is 0 Å². The lowest BCUT2D eigenvalue weighted by atomic mass is 10.1. The largest absolute Gasteiger partial charge is 0.261 e. The minimum absolute atomic E-state index is 0.624. The van der Waals surface area contributed by atoms with E-state index < -0.39 is 0 Å². The summed E-state index contributed by atoms with van der Waals surface area (Å²) < 4.78 is 0. The van der Waals surface area contributed by atoms with Gasteiger partial charge < -0.3 is 0 Å². The van der Waals surface area contributed by atoms with Crippen molar-refractivity contribution in [1.29, 1.82) is 0 Å². The number of rotatable bonds is 2. The van der Waals surface area contributed by atoms with E-state index in [1.165, 1.54) is 11.3 Å². The van der Waals surface area contributed by atoms with Crippen molar-refractivity contribution in [2.45, 2.75) is 18.6 Å². The van der Waals surface area contributed by atoms with Crippen LogP contribution in [-0.4, -0.2) is 12.0 Å². The van der Waals surface area contributed by atoms with E-state index in [0.717, 1.165) is 12.1 Å². The van der Waals surface area contributed by atoms with Crippen LogP contribution >= 0.6 is 11.8 Å². The molecule has 0 aromatic heterocycles. The highest BCUT2D eigenvalue weighted by Gasteiger charge is 2.16. The summed E-state index contributed by atoms with van der Waals surface area (Å²) in [5.74, 6) is 1.17. The van der Waals surface area contributed by atoms with Crippen molar-refractivity contribution in [3.05, 3.63) is 29.8 Å². The van der Waals surface area contributed by atoms with Crippen molar-refractivity contribution < 1.29 is 0 Å². The number of thioether (sulfide) groups is 1. The number of hydrogen-bond acceptors (Lipinski definition) is 2. The van der Waals surface area contributed by atoms with Gasteiger partial charge in [-0.25, -0.2) is 0 Å². The van der Waals surface area contributed by atoms with Crippen molar-refractivity contribution >= 4 is 23.7 Å². The first kappa shape index (κ1) is 8.82. The molecule has 1 aliphatic heterocycles. The van der Waals surface area contributed by atoms with Gasteiger partial charge in [0.15, 0.2) is 0 Å². The normalized spacial score (nSPS) is 19.9. The molecule has 1 heterocycles. The maximum Gasteiger partial charge on any atom is 0.0669 e. The average Bonchev–Trinajstić information content (AvgIpc) is 2.19. The van der Waals surface area contributed by atoms with E-state index in [2.05, 4.69) is 36.2 Å². The predicted molar refractivity (Wildman–Crippen MR) is 60.1 cm³/mol. The maximum absolute atomic E-state index is 4.39. The fourth-order valence-electron chi connectivity index (χ4n) is 1.61. The number of aliphatic imine (C=N–C) groups is 1. The van der Waals surface area contributed by atoms with Crippen LogP contribution in [0.5, 0.6) is 0 Å². The Hall–Kier alpha value is -0.760. The first-order chi connectivity index (χ1) is 6.42. The molecular weight excluding hydrogens is 178 g/mol. The van der Waals surface area contributed by atoms with Crippen molar-refractivity contribution in [3.8, 4) is 0 Å². The lowest BCUT2D eigenvalue weighted by Gasteiger charge is -2.19. The highest BCUT2D eigenvalue weighted by atomic mass is 32.2. The molecule has 0 N–H and O–H groups in total. The number of para-hydroxylation sites is 1. The molecular formula is C11H13NS. The van der Waals surface area contributed by atoms with Crippen molar-refractivity contribution in [3.63, 3.8) is 0 Å². The van der Waals surface area contributed by atoms with Gasteiger partial charge in [-0.3, -0.25) is 4.99 Å². The zero-order valence-electron chi connectivity index (χ0n) is 7.73. The van der Waals surface area contributed by atoms with Gasteiger partial charge in [0, 0.05) is 11.5 Å². The molecule has 0 saturated carbocycles. The summed E-state index contributed by atoms with van der Waals surface area (Å²) in [4.78, 5) is 4.39. The van der Waals surface area contributed by atoms with E-state index in [1.807, 2.05) is 18.0 Å². The number of benzene rings is 1. The van der Waals surface area contributed by atoms with E-state index in [0.29, 0.717) is 5.25 Å². The SMILES string of the molecule is CCSC1CC=Nc2ccccc21. The second-order valence-electron chi connectivity index (χ2n) is 3.05. The van der Waals surface area contributed by atoms with Crippen LogP contribution in [-0.2, 0) is 0 Å². The van der Waals surface area contributed by atoms with E-state index in [9.17, 15) is 0 Å². The summed E-state index contributed by atoms with van der Waals surface area (Å²) in [5.41, 5.74) is 2.55. The zero-order chi connectivity index (χ0) is 9.10. The fraction of sp³-hybridized carbons (Fsp3) is 0.364. The molecule has 0 amide bonds. The second-order valence-corrected chi connectivity index (χ2v) is 4.53. The molecule has 1 atom stereocenters. The lowest BCUT2D eigenvalue weighted by molar-refractivity contribution is 0.995. The van der Waals surface area contributed by atoms with Gasteiger partial charge in [-0.1, -0.05) is 25.1 Å². The molecule has 1 aromatic carbocycles. The van der Waals surface area contributed by atoms with Gasteiger partial charge in [-0.2, -0.15) is 11.8 Å². The summed E-state index contributed by atoms with van der Waals surface area (Å²) in [6.07, 6.45) is 3.12. The summed E-state index contributed by atoms with van der Waals surface area (Å²) in [6, 6.07) is 8.44. The Morgan fingerprint density at radius 3 is 3.15 bits per heavy atom. The van der Waals surface area contributed by atoms with E-state index in [-0.39, 0.29) is 0 Å². The van der Waals surface area contributed by atoms with Crippen LogP contribution in [0.4, 0.5) is 5.69 Å². The zero-order valence-corrected chi connectivity index (χ0v) is 8.55. The molecule has 0 bridgehead atoms. The average molecular weight is 191 g/mol. The molecule has 13 heavy (non-hydrogen) atoms. The van der Waals surface area contributed by atoms with Crippen LogP contribution in [0.1, 0.15) is 24.2 Å². The fourth-order valence-corrected chi connectivity index (χ4v) is 2.61. The van der Waals surface area contributed by atoms with Crippen LogP contribution < -0.4 is 0 Å². The van der Waals surface area contributed by atoms with Crippen LogP contribution in [0.2, 0.25) is 0 Å². The molecule has 2 heteroatoms. The van der Waals surface area contributed by atoms with Crippen LogP contribution in [0.15, 0.2) is 29.3 Å². The quantitative estimate of drug-likeness (QED) is 0.696. The summed E-state index contributed by atoms with van der Waals surface area (Å²) in [7, 11) is 0. The highest BCUT2D eigenvalue weighted by Crippen LogP contribution is 2.39. The Kier molecular flexibility index (Phi) is 2.69. The van der Waals surface area contributed by atoms with Gasteiger partial charge in [0.1, 0.15) is 0 Å². The Labute approximate surface area is 83.3 Å². The third kappa shape index (κ3) is 1.78. The molecule has 2 rings (SSSR count). The molecule has 0 spiro atoms. The van der Waals surface area contributed by atoms with E-state index in [4.69, 9.17) is 0 Å². The Bertz CT molecular complexity index is 320. The molecule has 0 fully saturated rings. The van der Waals surface area contributed by atoms with Crippen molar-refractivity contribution in [2.24, 2.45) is 4.99 Å². The molecule has 0 saturated heterocycles. The van der Waals surface area contributed by atoms with Crippen molar-refractivity contribution in [2.75, 3.05) is 5.75 Å². The molecule has 68 valence electrons. The summed E-state index contributed by atoms with van der Waals surface area (Å²) in [5, 5.41) is 0.624. The van der Waals surface area contributed by atoms with Gasteiger partial charge in [-0.05, 0) is 23.8 Å². The van der Waals surface area contributed by atoms with Crippen LogP contribution in [0.25, 0.3) is 0 Å². The standard InChI is InChI=1S/C11H13NS/c1-2-13-11-7-8-12-10-6-4-3-5-9(10)11/h3-6,8,11H,2,7H2,1H3. The minimum Gasteiger partial charge on any atom is -0.261 e. The number of hydrogen-bond donors (Lipinski definition) is 0. The highest BCUT2D eigenvalue weighted by molar-refractivity contribution is 7.99. The Morgan fingerprint density at radius 1 is 1.46 bits per heavy atom. The molecule has 0 radical (unpaired) electrons. The second kappa shape index (κ2) is 3.97. The molecule has 1 aliphatic rings. The minimum atomic E-state index is 0.624.